The second-order valence-corrected chi connectivity index (χ2v) is 9.65. The smallest absolute Gasteiger partial charge is 0.246 e. The van der Waals surface area contributed by atoms with Crippen LogP contribution >= 0.6 is 0 Å². The number of hydrogen-bond donors (Lipinski definition) is 0. The molecule has 188 valence electrons. The van der Waals surface area contributed by atoms with Gasteiger partial charge in [0.2, 0.25) is 11.8 Å². The van der Waals surface area contributed by atoms with E-state index in [-0.39, 0.29) is 24.3 Å². The van der Waals surface area contributed by atoms with Crippen molar-refractivity contribution >= 4 is 34.2 Å². The van der Waals surface area contributed by atoms with E-state index in [1.54, 1.807) is 0 Å². The Balaban J connectivity index is 1.30. The first-order chi connectivity index (χ1) is 18.1. The zero-order valence-electron chi connectivity index (χ0n) is 21.0. The van der Waals surface area contributed by atoms with E-state index in [0.29, 0.717) is 26.1 Å². The van der Waals surface area contributed by atoms with Gasteiger partial charge >= 0.3 is 0 Å². The summed E-state index contributed by atoms with van der Waals surface area (Å²) in [5.41, 5.74) is 4.83. The number of carbonyl (C=O) groups excluding carboxylic acids is 2. The van der Waals surface area contributed by atoms with E-state index in [1.807, 2.05) is 88.0 Å². The van der Waals surface area contributed by atoms with Crippen LogP contribution < -0.4 is 14.5 Å². The highest BCUT2D eigenvalue weighted by molar-refractivity contribution is 5.97. The quantitative estimate of drug-likeness (QED) is 0.381. The second kappa shape index (κ2) is 9.73. The fourth-order valence-electron chi connectivity index (χ4n) is 5.60. The van der Waals surface area contributed by atoms with E-state index in [1.165, 1.54) is 5.56 Å². The van der Waals surface area contributed by atoms with Crippen LogP contribution in [0.4, 0.5) is 11.4 Å². The Hall–Kier alpha value is -4.13. The van der Waals surface area contributed by atoms with Crippen LogP contribution in [-0.4, -0.2) is 41.1 Å². The molecule has 37 heavy (non-hydrogen) atoms. The van der Waals surface area contributed by atoms with Crippen LogP contribution in [-0.2, 0) is 22.6 Å². The molecule has 0 aliphatic carbocycles. The van der Waals surface area contributed by atoms with Crippen molar-refractivity contribution in [3.8, 4) is 5.75 Å². The number of carbonyl (C=O) groups is 2. The molecule has 2 amide bonds. The summed E-state index contributed by atoms with van der Waals surface area (Å²) in [5, 5.41) is 0. The Morgan fingerprint density at radius 2 is 1.81 bits per heavy atom. The number of para-hydroxylation sites is 3. The van der Waals surface area contributed by atoms with Gasteiger partial charge in [0.15, 0.2) is 0 Å². The summed E-state index contributed by atoms with van der Waals surface area (Å²) in [6.07, 6.45) is 2.30. The molecule has 0 spiro atoms. The monoisotopic (exact) mass is 494 g/mol. The van der Waals surface area contributed by atoms with Crippen molar-refractivity contribution in [2.24, 2.45) is 0 Å². The summed E-state index contributed by atoms with van der Waals surface area (Å²) in [6.45, 7) is 3.98. The number of aromatic nitrogens is 2. The zero-order valence-corrected chi connectivity index (χ0v) is 21.0. The molecule has 0 radical (unpaired) electrons. The van der Waals surface area contributed by atoms with Gasteiger partial charge in [0, 0.05) is 36.8 Å². The number of hydrogen-bond acceptors (Lipinski definition) is 4. The Morgan fingerprint density at radius 3 is 2.65 bits per heavy atom. The zero-order chi connectivity index (χ0) is 25.4. The van der Waals surface area contributed by atoms with Gasteiger partial charge in [0.05, 0.1) is 17.6 Å². The fourth-order valence-corrected chi connectivity index (χ4v) is 5.60. The minimum Gasteiger partial charge on any atom is -0.494 e. The highest BCUT2D eigenvalue weighted by atomic mass is 16.5. The summed E-state index contributed by atoms with van der Waals surface area (Å²) < 4.78 is 7.57. The van der Waals surface area contributed by atoms with Gasteiger partial charge in [-0.05, 0) is 67.8 Å². The number of ether oxygens (including phenoxy) is 1. The Bertz CT molecular complexity index is 1460. The summed E-state index contributed by atoms with van der Waals surface area (Å²) in [7, 11) is 0. The van der Waals surface area contributed by atoms with E-state index < -0.39 is 0 Å². The molecule has 1 aromatic heterocycles. The molecule has 0 saturated carbocycles. The van der Waals surface area contributed by atoms with Crippen LogP contribution in [0.2, 0.25) is 0 Å². The van der Waals surface area contributed by atoms with E-state index in [0.717, 1.165) is 46.8 Å². The minimum atomic E-state index is -0.104. The van der Waals surface area contributed by atoms with Crippen molar-refractivity contribution < 1.29 is 14.3 Å². The lowest BCUT2D eigenvalue weighted by atomic mass is 10.0. The van der Waals surface area contributed by atoms with Crippen LogP contribution in [0, 0.1) is 0 Å². The molecule has 1 saturated heterocycles. The van der Waals surface area contributed by atoms with Gasteiger partial charge in [-0.2, -0.15) is 0 Å². The third-order valence-corrected chi connectivity index (χ3v) is 7.34. The van der Waals surface area contributed by atoms with Crippen LogP contribution in [0.3, 0.4) is 0 Å². The minimum absolute atomic E-state index is 0.0456. The molecule has 3 heterocycles. The lowest BCUT2D eigenvalue weighted by Gasteiger charge is -2.30. The van der Waals surface area contributed by atoms with Gasteiger partial charge in [-0.3, -0.25) is 9.59 Å². The first kappa shape index (κ1) is 23.3. The van der Waals surface area contributed by atoms with Gasteiger partial charge < -0.3 is 19.1 Å². The van der Waals surface area contributed by atoms with Gasteiger partial charge in [-0.25, -0.2) is 4.98 Å². The maximum Gasteiger partial charge on any atom is 0.246 e. The maximum absolute atomic E-state index is 13.7. The largest absolute Gasteiger partial charge is 0.494 e. The number of fused-ring (bicyclic) bond motifs is 2. The Kier molecular flexibility index (Phi) is 6.12. The molecule has 0 bridgehead atoms. The predicted molar refractivity (Wildman–Crippen MR) is 144 cm³/mol. The highest BCUT2D eigenvalue weighted by Crippen LogP contribution is 2.34. The number of amides is 2. The average molecular weight is 495 g/mol. The molecule has 2 aliphatic heterocycles. The van der Waals surface area contributed by atoms with E-state index in [4.69, 9.17) is 9.72 Å². The molecule has 1 fully saturated rings. The summed E-state index contributed by atoms with van der Waals surface area (Å²) in [4.78, 5) is 35.4. The topological polar surface area (TPSA) is 67.7 Å². The highest BCUT2D eigenvalue weighted by Gasteiger charge is 2.35. The molecule has 0 N–H and O–H groups in total. The van der Waals surface area contributed by atoms with E-state index in [9.17, 15) is 9.59 Å². The number of aryl methyl sites for hydroxylation is 1. The first-order valence-corrected chi connectivity index (χ1v) is 13.0. The molecule has 1 unspecified atom stereocenters. The Labute approximate surface area is 216 Å². The third-order valence-electron chi connectivity index (χ3n) is 7.34. The van der Waals surface area contributed by atoms with Crippen molar-refractivity contribution in [2.45, 2.75) is 38.6 Å². The summed E-state index contributed by atoms with van der Waals surface area (Å²) in [5.74, 6) is 1.58. The number of rotatable bonds is 6. The average Bonchev–Trinajstić information content (AvgIpc) is 3.49. The molecule has 6 rings (SSSR count). The molecule has 3 aromatic carbocycles. The van der Waals surface area contributed by atoms with Gasteiger partial charge in [0.1, 0.15) is 18.1 Å². The van der Waals surface area contributed by atoms with Gasteiger partial charge in [-0.1, -0.05) is 30.3 Å². The van der Waals surface area contributed by atoms with Crippen LogP contribution in [0.25, 0.3) is 11.0 Å². The Morgan fingerprint density at radius 1 is 1.03 bits per heavy atom. The maximum atomic E-state index is 13.7. The predicted octanol–water partition coefficient (Wildman–Crippen LogP) is 4.93. The molecule has 1 atom stereocenters. The number of benzene rings is 3. The fraction of sp³-hybridized carbons (Fsp3) is 0.300. The third kappa shape index (κ3) is 4.35. The number of nitrogens with zero attached hydrogens (tertiary/aromatic N) is 4. The molecule has 2 aliphatic rings. The number of anilines is 2. The van der Waals surface area contributed by atoms with Crippen molar-refractivity contribution in [2.75, 3.05) is 29.5 Å². The SMILES string of the molecule is CCOc1ccc(N2CC(c3nc4ccccc4n3CC(=O)N3CCCc4ccccc43)CC2=O)cc1. The van der Waals surface area contributed by atoms with E-state index >= 15 is 0 Å². The molecule has 4 aromatic rings. The van der Waals surface area contributed by atoms with Crippen LogP contribution in [0.1, 0.15) is 37.1 Å². The van der Waals surface area contributed by atoms with Crippen molar-refractivity contribution in [1.82, 2.24) is 9.55 Å². The standard InChI is InChI=1S/C30H30N4O3/c1-2-37-24-15-13-23(14-16-24)33-19-22(18-28(33)35)30-31-25-10-4-6-12-27(25)34(30)20-29(36)32-17-7-9-21-8-3-5-11-26(21)32/h3-6,8,10-16,22H,2,7,9,17-20H2,1H3. The lowest BCUT2D eigenvalue weighted by Crippen LogP contribution is -2.38. The van der Waals surface area contributed by atoms with Crippen LogP contribution in [0.15, 0.2) is 72.8 Å². The van der Waals surface area contributed by atoms with Crippen molar-refractivity contribution in [1.29, 1.82) is 0 Å². The summed E-state index contributed by atoms with van der Waals surface area (Å²) in [6, 6.07) is 23.7. The second-order valence-electron chi connectivity index (χ2n) is 9.65. The normalized spacial score (nSPS) is 17.3. The molecular formula is C30H30N4O3. The van der Waals surface area contributed by atoms with Gasteiger partial charge in [-0.15, -0.1) is 0 Å². The summed E-state index contributed by atoms with van der Waals surface area (Å²) >= 11 is 0. The van der Waals surface area contributed by atoms with Crippen molar-refractivity contribution in [3.63, 3.8) is 0 Å². The van der Waals surface area contributed by atoms with E-state index in [2.05, 4.69) is 6.07 Å². The first-order valence-electron chi connectivity index (χ1n) is 13.0. The number of imidazole rings is 1. The lowest BCUT2D eigenvalue weighted by molar-refractivity contribution is -0.119. The molecule has 7 nitrogen and oxygen atoms in total. The molecule has 7 heteroatoms. The van der Waals surface area contributed by atoms with Crippen LogP contribution in [0.5, 0.6) is 5.75 Å². The van der Waals surface area contributed by atoms with Gasteiger partial charge in [0.25, 0.3) is 0 Å². The molecular weight excluding hydrogens is 464 g/mol. The van der Waals surface area contributed by atoms with Crippen molar-refractivity contribution in [3.05, 3.63) is 84.2 Å².